The summed E-state index contributed by atoms with van der Waals surface area (Å²) < 4.78 is 26.4. The number of halogens is 2. The first-order valence-corrected chi connectivity index (χ1v) is 8.94. The van der Waals surface area contributed by atoms with Gasteiger partial charge in [0.05, 0.1) is 12.3 Å². The van der Waals surface area contributed by atoms with Crippen molar-refractivity contribution in [2.75, 3.05) is 12.8 Å². The van der Waals surface area contributed by atoms with Gasteiger partial charge in [0.15, 0.2) is 0 Å². The van der Waals surface area contributed by atoms with E-state index in [-0.39, 0.29) is 29.4 Å². The normalized spacial score (nSPS) is 11.8. The van der Waals surface area contributed by atoms with Gasteiger partial charge >= 0.3 is 6.55 Å². The summed E-state index contributed by atoms with van der Waals surface area (Å²) in [6, 6.07) is 8.13. The van der Waals surface area contributed by atoms with Gasteiger partial charge in [-0.05, 0) is 23.1 Å². The Hall–Kier alpha value is -1.89. The van der Waals surface area contributed by atoms with Crippen molar-refractivity contribution in [3.63, 3.8) is 0 Å². The number of imidazole rings is 1. The summed E-state index contributed by atoms with van der Waals surface area (Å²) in [7, 11) is 1.59. The minimum atomic E-state index is -2.66. The van der Waals surface area contributed by atoms with Crippen molar-refractivity contribution in [3.8, 4) is 0 Å². The van der Waals surface area contributed by atoms with Crippen molar-refractivity contribution < 1.29 is 13.6 Å². The molecule has 0 aliphatic heterocycles. The van der Waals surface area contributed by atoms with E-state index in [4.69, 9.17) is 0 Å². The lowest BCUT2D eigenvalue weighted by molar-refractivity contribution is -0.127. The average molecular weight is 367 g/mol. The van der Waals surface area contributed by atoms with Crippen LogP contribution in [0.25, 0.3) is 0 Å². The van der Waals surface area contributed by atoms with Crippen molar-refractivity contribution in [2.24, 2.45) is 0 Å². The van der Waals surface area contributed by atoms with Gasteiger partial charge in [-0.3, -0.25) is 9.36 Å². The third-order valence-electron chi connectivity index (χ3n) is 3.85. The standard InChI is InChI=1S/C18H23F2N3OS/c1-18(2,3)13-5-7-14(8-6-13)25-12-16(24)22(4)11-15-21-9-10-23(15)17(19)20/h5-10,17H,11-12H2,1-4H3. The first-order valence-electron chi connectivity index (χ1n) is 7.95. The Bertz CT molecular complexity index is 708. The van der Waals surface area contributed by atoms with Crippen LogP contribution in [0.1, 0.15) is 38.7 Å². The predicted octanol–water partition coefficient (Wildman–Crippen LogP) is 4.33. The van der Waals surface area contributed by atoms with Crippen LogP contribution in [-0.4, -0.2) is 33.2 Å². The Morgan fingerprint density at radius 2 is 1.92 bits per heavy atom. The van der Waals surface area contributed by atoms with Crippen LogP contribution in [0.5, 0.6) is 0 Å². The van der Waals surface area contributed by atoms with Crippen LogP contribution in [0.3, 0.4) is 0 Å². The minimum absolute atomic E-state index is 0.0553. The van der Waals surface area contributed by atoms with Gasteiger partial charge in [0, 0.05) is 24.3 Å². The van der Waals surface area contributed by atoms with Crippen LogP contribution in [-0.2, 0) is 16.8 Å². The summed E-state index contributed by atoms with van der Waals surface area (Å²) in [6.45, 7) is 3.85. The summed E-state index contributed by atoms with van der Waals surface area (Å²) in [5.74, 6) is 0.292. The van der Waals surface area contributed by atoms with E-state index >= 15 is 0 Å². The van der Waals surface area contributed by atoms with Crippen LogP contribution in [0.15, 0.2) is 41.6 Å². The second-order valence-electron chi connectivity index (χ2n) is 6.84. The number of carbonyl (C=O) groups excluding carboxylic acids is 1. The highest BCUT2D eigenvalue weighted by molar-refractivity contribution is 8.00. The zero-order valence-electron chi connectivity index (χ0n) is 14.9. The fourth-order valence-electron chi connectivity index (χ4n) is 2.25. The SMILES string of the molecule is CN(Cc1nccn1C(F)F)C(=O)CSc1ccc(C(C)(C)C)cc1. The summed E-state index contributed by atoms with van der Waals surface area (Å²) in [5.41, 5.74) is 1.32. The maximum Gasteiger partial charge on any atom is 0.319 e. The number of benzene rings is 1. The van der Waals surface area contributed by atoms with Gasteiger partial charge in [-0.1, -0.05) is 32.9 Å². The third-order valence-corrected chi connectivity index (χ3v) is 4.84. The molecule has 0 spiro atoms. The molecule has 0 saturated carbocycles. The average Bonchev–Trinajstić information content (AvgIpc) is 3.00. The van der Waals surface area contributed by atoms with Crippen molar-refractivity contribution in [2.45, 2.75) is 44.2 Å². The molecule has 1 amide bonds. The fraction of sp³-hybridized carbons (Fsp3) is 0.444. The molecule has 2 rings (SSSR count). The second kappa shape index (κ2) is 7.99. The Kier molecular flexibility index (Phi) is 6.21. The summed E-state index contributed by atoms with van der Waals surface area (Å²) in [5, 5.41) is 0. The van der Waals surface area contributed by atoms with Gasteiger partial charge in [0.1, 0.15) is 5.82 Å². The maximum atomic E-state index is 12.8. The van der Waals surface area contributed by atoms with Crippen LogP contribution in [0, 0.1) is 0 Å². The zero-order chi connectivity index (χ0) is 18.6. The molecular weight excluding hydrogens is 344 g/mol. The molecule has 0 saturated heterocycles. The number of hydrogen-bond donors (Lipinski definition) is 0. The first kappa shape index (κ1) is 19.4. The summed E-state index contributed by atoms with van der Waals surface area (Å²) in [6.07, 6.45) is 2.52. The lowest BCUT2D eigenvalue weighted by Crippen LogP contribution is -2.29. The molecule has 4 nitrogen and oxygen atoms in total. The highest BCUT2D eigenvalue weighted by atomic mass is 32.2. The van der Waals surface area contributed by atoms with E-state index in [0.29, 0.717) is 0 Å². The number of amides is 1. The quantitative estimate of drug-likeness (QED) is 0.714. The Labute approximate surface area is 151 Å². The molecule has 1 aromatic carbocycles. The van der Waals surface area contributed by atoms with Gasteiger partial charge in [-0.25, -0.2) is 4.98 Å². The smallest absolute Gasteiger partial charge is 0.319 e. The van der Waals surface area contributed by atoms with Gasteiger partial charge in [0.2, 0.25) is 5.91 Å². The Balaban J connectivity index is 1.90. The predicted molar refractivity (Wildman–Crippen MR) is 95.8 cm³/mol. The second-order valence-corrected chi connectivity index (χ2v) is 7.89. The van der Waals surface area contributed by atoms with Gasteiger partial charge in [-0.15, -0.1) is 11.8 Å². The monoisotopic (exact) mass is 367 g/mol. The van der Waals surface area contributed by atoms with E-state index in [2.05, 4.69) is 37.9 Å². The molecule has 0 aliphatic carbocycles. The van der Waals surface area contributed by atoms with Gasteiger partial charge in [0.25, 0.3) is 0 Å². The van der Waals surface area contributed by atoms with Crippen molar-refractivity contribution in [1.29, 1.82) is 0 Å². The fourth-order valence-corrected chi connectivity index (χ4v) is 3.09. The van der Waals surface area contributed by atoms with Crippen LogP contribution >= 0.6 is 11.8 Å². The summed E-state index contributed by atoms with van der Waals surface area (Å²) >= 11 is 1.43. The van der Waals surface area contributed by atoms with Crippen LogP contribution in [0.4, 0.5) is 8.78 Å². The van der Waals surface area contributed by atoms with Gasteiger partial charge in [-0.2, -0.15) is 8.78 Å². The van der Waals surface area contributed by atoms with Gasteiger partial charge < -0.3 is 4.90 Å². The van der Waals surface area contributed by atoms with E-state index in [1.54, 1.807) is 7.05 Å². The van der Waals surface area contributed by atoms with E-state index in [9.17, 15) is 13.6 Å². The molecule has 0 fully saturated rings. The molecule has 25 heavy (non-hydrogen) atoms. The summed E-state index contributed by atoms with van der Waals surface area (Å²) in [4.78, 5) is 18.5. The largest absolute Gasteiger partial charge is 0.338 e. The Morgan fingerprint density at radius 3 is 2.48 bits per heavy atom. The van der Waals surface area contributed by atoms with Crippen molar-refractivity contribution >= 4 is 17.7 Å². The lowest BCUT2D eigenvalue weighted by Gasteiger charge is -2.19. The lowest BCUT2D eigenvalue weighted by atomic mass is 9.87. The molecule has 2 aromatic rings. The topological polar surface area (TPSA) is 38.1 Å². The molecule has 0 N–H and O–H groups in total. The minimum Gasteiger partial charge on any atom is -0.338 e. The number of hydrogen-bond acceptors (Lipinski definition) is 3. The number of carbonyl (C=O) groups is 1. The number of aromatic nitrogens is 2. The number of nitrogens with zero attached hydrogens (tertiary/aromatic N) is 3. The first-order chi connectivity index (χ1) is 11.7. The molecule has 136 valence electrons. The van der Waals surface area contributed by atoms with Crippen molar-refractivity contribution in [3.05, 3.63) is 48.0 Å². The zero-order valence-corrected chi connectivity index (χ0v) is 15.7. The maximum absolute atomic E-state index is 12.8. The third kappa shape index (κ3) is 5.29. The molecule has 1 heterocycles. The number of thioether (sulfide) groups is 1. The van der Waals surface area contributed by atoms with Crippen molar-refractivity contribution in [1.82, 2.24) is 14.5 Å². The number of alkyl halides is 2. The molecule has 0 aliphatic rings. The van der Waals surface area contributed by atoms with E-state index in [0.717, 1.165) is 9.46 Å². The molecule has 1 aromatic heterocycles. The molecule has 0 atom stereocenters. The molecular formula is C18H23F2N3OS. The highest BCUT2D eigenvalue weighted by Gasteiger charge is 2.17. The van der Waals surface area contributed by atoms with Crippen LogP contribution in [0.2, 0.25) is 0 Å². The van der Waals surface area contributed by atoms with E-state index in [1.165, 1.54) is 34.6 Å². The van der Waals surface area contributed by atoms with E-state index < -0.39 is 6.55 Å². The molecule has 0 radical (unpaired) electrons. The molecule has 7 heteroatoms. The molecule has 0 bridgehead atoms. The van der Waals surface area contributed by atoms with E-state index in [1.807, 2.05) is 12.1 Å². The highest BCUT2D eigenvalue weighted by Crippen LogP contribution is 2.25. The van der Waals surface area contributed by atoms with Crippen LogP contribution < -0.4 is 0 Å². The molecule has 0 unspecified atom stereocenters. The Morgan fingerprint density at radius 1 is 1.28 bits per heavy atom. The number of rotatable bonds is 6.